The molecule has 6 heteroatoms. The highest BCUT2D eigenvalue weighted by atomic mass is 16.5. The topological polar surface area (TPSA) is 68.6 Å². The second-order valence-electron chi connectivity index (χ2n) is 7.13. The monoisotopic (exact) mass is 374 g/mol. The molecule has 0 spiro atoms. The maximum Gasteiger partial charge on any atom is 0.355 e. The van der Waals surface area contributed by atoms with Gasteiger partial charge in [-0.2, -0.15) is 0 Å². The maximum absolute atomic E-state index is 13.0. The van der Waals surface area contributed by atoms with Crippen molar-refractivity contribution in [3.8, 4) is 0 Å². The molecular weight excluding hydrogens is 344 g/mol. The summed E-state index contributed by atoms with van der Waals surface area (Å²) in [5.74, 6) is -0.572. The third kappa shape index (κ3) is 4.31. The number of carbonyl (C=O) groups is 3. The van der Waals surface area contributed by atoms with Crippen LogP contribution in [0.4, 0.5) is 0 Å². The molecule has 1 aliphatic carbocycles. The highest BCUT2D eigenvalue weighted by Crippen LogP contribution is 2.27. The average Bonchev–Trinajstić information content (AvgIpc) is 3.22. The van der Waals surface area contributed by atoms with E-state index in [-0.39, 0.29) is 30.8 Å². The molecular formula is C21H30N2O4. The van der Waals surface area contributed by atoms with E-state index < -0.39 is 5.97 Å². The SMILES string of the molecule is C=CCN(CC(=O)c1c(C)c(C(=O)OCC)n(C)c1C)C(=O)C1CCCC1. The summed E-state index contributed by atoms with van der Waals surface area (Å²) in [6.07, 6.45) is 5.54. The molecule has 1 fully saturated rings. The predicted molar refractivity (Wildman–Crippen MR) is 104 cm³/mol. The molecule has 0 atom stereocenters. The maximum atomic E-state index is 13.0. The number of esters is 1. The van der Waals surface area contributed by atoms with Crippen LogP contribution in [0.25, 0.3) is 0 Å². The Morgan fingerprint density at radius 1 is 1.26 bits per heavy atom. The Bertz CT molecular complexity index is 742. The number of hydrogen-bond acceptors (Lipinski definition) is 4. The number of rotatable bonds is 8. The molecule has 0 radical (unpaired) electrons. The molecule has 1 amide bonds. The average molecular weight is 374 g/mol. The van der Waals surface area contributed by atoms with E-state index in [9.17, 15) is 14.4 Å². The van der Waals surface area contributed by atoms with Gasteiger partial charge in [-0.1, -0.05) is 18.9 Å². The molecule has 0 saturated heterocycles. The van der Waals surface area contributed by atoms with Crippen molar-refractivity contribution in [2.24, 2.45) is 13.0 Å². The van der Waals surface area contributed by atoms with Gasteiger partial charge in [0.25, 0.3) is 0 Å². The Morgan fingerprint density at radius 3 is 2.44 bits per heavy atom. The van der Waals surface area contributed by atoms with E-state index >= 15 is 0 Å². The Labute approximate surface area is 161 Å². The number of ether oxygens (including phenoxy) is 1. The van der Waals surface area contributed by atoms with Crippen molar-refractivity contribution < 1.29 is 19.1 Å². The first-order valence-corrected chi connectivity index (χ1v) is 9.59. The summed E-state index contributed by atoms with van der Waals surface area (Å²) in [7, 11) is 1.75. The minimum atomic E-state index is -0.440. The van der Waals surface area contributed by atoms with E-state index in [1.165, 1.54) is 0 Å². The highest BCUT2D eigenvalue weighted by Gasteiger charge is 2.30. The van der Waals surface area contributed by atoms with Gasteiger partial charge in [0, 0.05) is 30.8 Å². The zero-order valence-electron chi connectivity index (χ0n) is 16.8. The minimum Gasteiger partial charge on any atom is -0.461 e. The van der Waals surface area contributed by atoms with Crippen LogP contribution in [0, 0.1) is 19.8 Å². The van der Waals surface area contributed by atoms with Gasteiger partial charge in [0.05, 0.1) is 13.2 Å². The summed E-state index contributed by atoms with van der Waals surface area (Å²) in [5.41, 5.74) is 2.18. The summed E-state index contributed by atoms with van der Waals surface area (Å²) < 4.78 is 6.81. The molecule has 0 N–H and O–H groups in total. The third-order valence-corrected chi connectivity index (χ3v) is 5.38. The van der Waals surface area contributed by atoms with E-state index in [4.69, 9.17) is 4.74 Å². The van der Waals surface area contributed by atoms with Crippen LogP contribution in [0.5, 0.6) is 0 Å². The van der Waals surface area contributed by atoms with Crippen LogP contribution in [0.2, 0.25) is 0 Å². The molecule has 1 aromatic heterocycles. The standard InChI is InChI=1S/C21H30N2O4/c1-6-12-23(20(25)16-10-8-9-11-16)13-17(24)18-14(3)19(21(26)27-7-2)22(5)15(18)4/h6,16H,1,7-13H2,2-5H3. The van der Waals surface area contributed by atoms with E-state index in [2.05, 4.69) is 6.58 Å². The molecule has 1 saturated carbocycles. The zero-order chi connectivity index (χ0) is 20.1. The number of nitrogens with zero attached hydrogens (tertiary/aromatic N) is 2. The van der Waals surface area contributed by atoms with Crippen molar-refractivity contribution in [1.29, 1.82) is 0 Å². The molecule has 27 heavy (non-hydrogen) atoms. The second-order valence-corrected chi connectivity index (χ2v) is 7.13. The normalized spacial score (nSPS) is 14.2. The van der Waals surface area contributed by atoms with Gasteiger partial charge >= 0.3 is 5.97 Å². The molecule has 1 heterocycles. The van der Waals surface area contributed by atoms with Gasteiger partial charge in [-0.05, 0) is 39.2 Å². The molecule has 148 valence electrons. The zero-order valence-corrected chi connectivity index (χ0v) is 16.8. The summed E-state index contributed by atoms with van der Waals surface area (Å²) in [6.45, 7) is 9.63. The molecule has 6 nitrogen and oxygen atoms in total. The second kappa shape index (κ2) is 9.02. The largest absolute Gasteiger partial charge is 0.461 e. The highest BCUT2D eigenvalue weighted by molar-refractivity contribution is 6.04. The summed E-state index contributed by atoms with van der Waals surface area (Å²) in [4.78, 5) is 39.7. The van der Waals surface area contributed by atoms with Crippen LogP contribution in [0.3, 0.4) is 0 Å². The number of amides is 1. The molecule has 0 bridgehead atoms. The summed E-state index contributed by atoms with van der Waals surface area (Å²) in [6, 6.07) is 0. The molecule has 2 rings (SSSR count). The first-order valence-electron chi connectivity index (χ1n) is 9.59. The molecule has 1 aliphatic rings. The minimum absolute atomic E-state index is 0.00465. The van der Waals surface area contributed by atoms with Crippen molar-refractivity contribution in [1.82, 2.24) is 9.47 Å². The summed E-state index contributed by atoms with van der Waals surface area (Å²) >= 11 is 0. The van der Waals surface area contributed by atoms with Crippen LogP contribution in [-0.2, 0) is 16.6 Å². The molecule has 1 aromatic rings. The van der Waals surface area contributed by atoms with E-state index in [0.29, 0.717) is 29.1 Å². The summed E-state index contributed by atoms with van der Waals surface area (Å²) in [5, 5.41) is 0. The lowest BCUT2D eigenvalue weighted by Crippen LogP contribution is -2.39. The smallest absolute Gasteiger partial charge is 0.355 e. The van der Waals surface area contributed by atoms with Crippen LogP contribution in [0.1, 0.15) is 64.7 Å². The lowest BCUT2D eigenvalue weighted by Gasteiger charge is -2.24. The number of ketones is 1. The first kappa shape index (κ1) is 20.9. The van der Waals surface area contributed by atoms with Gasteiger partial charge in [0.15, 0.2) is 5.78 Å². The van der Waals surface area contributed by atoms with Gasteiger partial charge < -0.3 is 14.2 Å². The van der Waals surface area contributed by atoms with Crippen LogP contribution < -0.4 is 0 Å². The van der Waals surface area contributed by atoms with Crippen LogP contribution in [-0.4, -0.2) is 46.8 Å². The van der Waals surface area contributed by atoms with E-state index in [1.54, 1.807) is 43.4 Å². The molecule has 0 aliphatic heterocycles. The number of aromatic nitrogens is 1. The number of Topliss-reactive ketones (excluding diaryl/α,β-unsaturated/α-hetero) is 1. The Balaban J connectivity index is 2.27. The fourth-order valence-electron chi connectivity index (χ4n) is 3.95. The van der Waals surface area contributed by atoms with E-state index in [1.807, 2.05) is 0 Å². The quantitative estimate of drug-likeness (QED) is 0.398. The van der Waals surface area contributed by atoms with E-state index in [0.717, 1.165) is 25.7 Å². The Hall–Kier alpha value is -2.37. The van der Waals surface area contributed by atoms with Crippen molar-refractivity contribution in [2.45, 2.75) is 46.5 Å². The van der Waals surface area contributed by atoms with Crippen molar-refractivity contribution in [3.63, 3.8) is 0 Å². The van der Waals surface area contributed by atoms with Gasteiger partial charge in [0.2, 0.25) is 5.91 Å². The molecule has 0 unspecified atom stereocenters. The number of carbonyl (C=O) groups excluding carboxylic acids is 3. The van der Waals surface area contributed by atoms with Crippen molar-refractivity contribution >= 4 is 17.7 Å². The molecule has 0 aromatic carbocycles. The van der Waals surface area contributed by atoms with Crippen LogP contribution in [0.15, 0.2) is 12.7 Å². The number of hydrogen-bond donors (Lipinski definition) is 0. The first-order chi connectivity index (χ1) is 12.8. The van der Waals surface area contributed by atoms with Gasteiger partial charge in [-0.25, -0.2) is 4.79 Å². The van der Waals surface area contributed by atoms with Gasteiger partial charge in [0.1, 0.15) is 5.69 Å². The van der Waals surface area contributed by atoms with Crippen molar-refractivity contribution in [2.75, 3.05) is 19.7 Å². The Morgan fingerprint density at radius 2 is 1.89 bits per heavy atom. The van der Waals surface area contributed by atoms with Gasteiger partial charge in [-0.3, -0.25) is 9.59 Å². The lowest BCUT2D eigenvalue weighted by molar-refractivity contribution is -0.134. The van der Waals surface area contributed by atoms with Crippen molar-refractivity contribution in [3.05, 3.63) is 35.2 Å². The lowest BCUT2D eigenvalue weighted by atomic mass is 10.0. The fraction of sp³-hybridized carbons (Fsp3) is 0.571. The Kier molecular flexibility index (Phi) is 6.99. The van der Waals surface area contributed by atoms with Gasteiger partial charge in [-0.15, -0.1) is 6.58 Å². The fourth-order valence-corrected chi connectivity index (χ4v) is 3.95. The third-order valence-electron chi connectivity index (χ3n) is 5.38. The predicted octanol–water partition coefficient (Wildman–Crippen LogP) is 3.21. The van der Waals surface area contributed by atoms with Crippen LogP contribution >= 0.6 is 0 Å².